The molecular weight excluding hydrogens is 324 g/mol. The number of nitrogens with zero attached hydrogens (tertiary/aromatic N) is 1. The fourth-order valence-corrected chi connectivity index (χ4v) is 4.62. The maximum atomic E-state index is 6.13. The van der Waals surface area contributed by atoms with Gasteiger partial charge in [0.2, 0.25) is 0 Å². The normalized spacial score (nSPS) is 28.9. The average Bonchev–Trinajstić information content (AvgIpc) is 3.26. The van der Waals surface area contributed by atoms with E-state index in [0.717, 1.165) is 57.5 Å². The molecule has 0 aromatic heterocycles. The zero-order chi connectivity index (χ0) is 16.4. The number of nitrogens with one attached hydrogen (secondary N) is 1. The molecule has 4 nitrogen and oxygen atoms in total. The first kappa shape index (κ1) is 16.8. The number of hydrogen-bond donors (Lipinski definition) is 1. The minimum atomic E-state index is 0.461. The van der Waals surface area contributed by atoms with Gasteiger partial charge in [0.05, 0.1) is 19.8 Å². The molecule has 24 heavy (non-hydrogen) atoms. The number of hydrogen-bond acceptors (Lipinski definition) is 4. The van der Waals surface area contributed by atoms with E-state index in [1.807, 2.05) is 6.07 Å². The number of ether oxygens (including phenoxy) is 2. The fraction of sp³-hybridized carbons (Fsp3) is 0.684. The molecule has 3 atom stereocenters. The molecule has 2 saturated heterocycles. The summed E-state index contributed by atoms with van der Waals surface area (Å²) in [6.07, 6.45) is 3.48. The molecule has 0 amide bonds. The van der Waals surface area contributed by atoms with Crippen LogP contribution in [0.2, 0.25) is 5.02 Å². The van der Waals surface area contributed by atoms with Crippen molar-refractivity contribution < 1.29 is 9.47 Å². The standard InChI is InChI=1S/C19H27ClN2O2/c20-16-2-3-17-14(11-16)1-4-18(17)21-12-19(15-5-8-24-13-15)22-6-9-23-10-7-22/h2-3,11,15,18-19,21H,1,4-10,12-13H2/t15-,18-,19+/m0/s1. The molecule has 2 aliphatic heterocycles. The summed E-state index contributed by atoms with van der Waals surface area (Å²) in [6, 6.07) is 7.36. The first-order chi connectivity index (χ1) is 11.8. The molecule has 4 rings (SSSR count). The zero-order valence-corrected chi connectivity index (χ0v) is 14.9. The van der Waals surface area contributed by atoms with E-state index in [-0.39, 0.29) is 0 Å². The second-order valence-corrected chi connectivity index (χ2v) is 7.62. The molecular formula is C19H27ClN2O2. The Hall–Kier alpha value is -0.650. The van der Waals surface area contributed by atoms with E-state index in [1.54, 1.807) is 0 Å². The molecule has 3 aliphatic rings. The second kappa shape index (κ2) is 7.71. The van der Waals surface area contributed by atoms with Crippen molar-refractivity contribution in [2.45, 2.75) is 31.3 Å². The lowest BCUT2D eigenvalue weighted by atomic mass is 9.96. The third kappa shape index (κ3) is 3.63. The van der Waals surface area contributed by atoms with Crippen LogP contribution in [0.5, 0.6) is 0 Å². The molecule has 0 spiro atoms. The van der Waals surface area contributed by atoms with E-state index >= 15 is 0 Å². The van der Waals surface area contributed by atoms with Gasteiger partial charge < -0.3 is 14.8 Å². The number of benzene rings is 1. The van der Waals surface area contributed by atoms with Crippen LogP contribution in [0.1, 0.15) is 30.0 Å². The third-order valence-electron chi connectivity index (χ3n) is 5.78. The summed E-state index contributed by atoms with van der Waals surface area (Å²) in [6.45, 7) is 6.64. The van der Waals surface area contributed by atoms with Crippen LogP contribution in [0.15, 0.2) is 18.2 Å². The van der Waals surface area contributed by atoms with Gasteiger partial charge in [0.15, 0.2) is 0 Å². The van der Waals surface area contributed by atoms with Crippen LogP contribution >= 0.6 is 11.6 Å². The van der Waals surface area contributed by atoms with E-state index < -0.39 is 0 Å². The lowest BCUT2D eigenvalue weighted by molar-refractivity contribution is 0.000801. The number of aryl methyl sites for hydroxylation is 1. The van der Waals surface area contributed by atoms with E-state index in [0.29, 0.717) is 18.0 Å². The van der Waals surface area contributed by atoms with E-state index in [1.165, 1.54) is 24.0 Å². The summed E-state index contributed by atoms with van der Waals surface area (Å²) in [5.41, 5.74) is 2.84. The molecule has 0 radical (unpaired) electrons. The van der Waals surface area contributed by atoms with Crippen molar-refractivity contribution in [1.29, 1.82) is 0 Å². The SMILES string of the molecule is Clc1ccc2c(c1)CC[C@@H]2NC[C@H]([C@H]1CCOC1)N1CCOCC1. The highest BCUT2D eigenvalue weighted by Gasteiger charge is 2.32. The van der Waals surface area contributed by atoms with Crippen molar-refractivity contribution >= 4 is 11.6 Å². The van der Waals surface area contributed by atoms with Gasteiger partial charge in [-0.2, -0.15) is 0 Å². The highest BCUT2D eigenvalue weighted by molar-refractivity contribution is 6.30. The van der Waals surface area contributed by atoms with Gasteiger partial charge in [-0.3, -0.25) is 4.90 Å². The smallest absolute Gasteiger partial charge is 0.0594 e. The average molecular weight is 351 g/mol. The van der Waals surface area contributed by atoms with Crippen molar-refractivity contribution in [3.8, 4) is 0 Å². The first-order valence-corrected chi connectivity index (χ1v) is 9.60. The summed E-state index contributed by atoms with van der Waals surface area (Å²) in [4.78, 5) is 2.60. The maximum Gasteiger partial charge on any atom is 0.0594 e. The van der Waals surface area contributed by atoms with Crippen LogP contribution in [0, 0.1) is 5.92 Å². The Morgan fingerprint density at radius 2 is 2.04 bits per heavy atom. The summed E-state index contributed by atoms with van der Waals surface area (Å²) in [5.74, 6) is 0.640. The van der Waals surface area contributed by atoms with Crippen molar-refractivity contribution in [2.24, 2.45) is 5.92 Å². The summed E-state index contributed by atoms with van der Waals surface area (Å²) in [5, 5.41) is 4.70. The van der Waals surface area contributed by atoms with Crippen LogP contribution in [0.4, 0.5) is 0 Å². The van der Waals surface area contributed by atoms with Crippen LogP contribution in [0.3, 0.4) is 0 Å². The Morgan fingerprint density at radius 1 is 1.17 bits per heavy atom. The highest BCUT2D eigenvalue weighted by Crippen LogP contribution is 2.33. The van der Waals surface area contributed by atoms with Crippen molar-refractivity contribution in [2.75, 3.05) is 46.1 Å². The molecule has 0 saturated carbocycles. The maximum absolute atomic E-state index is 6.13. The monoisotopic (exact) mass is 350 g/mol. The quantitative estimate of drug-likeness (QED) is 0.885. The van der Waals surface area contributed by atoms with Gasteiger partial charge in [0, 0.05) is 49.3 Å². The van der Waals surface area contributed by atoms with Gasteiger partial charge in [-0.25, -0.2) is 0 Å². The second-order valence-electron chi connectivity index (χ2n) is 7.18. The van der Waals surface area contributed by atoms with E-state index in [4.69, 9.17) is 21.1 Å². The van der Waals surface area contributed by atoms with Crippen LogP contribution in [-0.2, 0) is 15.9 Å². The lowest BCUT2D eigenvalue weighted by Gasteiger charge is -2.38. The highest BCUT2D eigenvalue weighted by atomic mass is 35.5. The predicted octanol–water partition coefficient (Wildman–Crippen LogP) is 2.65. The molecule has 132 valence electrons. The zero-order valence-electron chi connectivity index (χ0n) is 14.2. The van der Waals surface area contributed by atoms with Gasteiger partial charge in [0.1, 0.15) is 0 Å². The molecule has 2 fully saturated rings. The van der Waals surface area contributed by atoms with E-state index in [2.05, 4.69) is 22.3 Å². The Labute approximate surface area is 149 Å². The Morgan fingerprint density at radius 3 is 2.83 bits per heavy atom. The number of rotatable bonds is 5. The molecule has 0 bridgehead atoms. The van der Waals surface area contributed by atoms with Crippen molar-refractivity contribution in [3.05, 3.63) is 34.3 Å². The van der Waals surface area contributed by atoms with Gasteiger partial charge >= 0.3 is 0 Å². The molecule has 1 aromatic rings. The number of halogens is 1. The molecule has 1 N–H and O–H groups in total. The van der Waals surface area contributed by atoms with E-state index in [9.17, 15) is 0 Å². The Bertz CT molecular complexity index is 556. The fourth-order valence-electron chi connectivity index (χ4n) is 4.42. The summed E-state index contributed by atoms with van der Waals surface area (Å²) in [7, 11) is 0. The third-order valence-corrected chi connectivity index (χ3v) is 6.02. The van der Waals surface area contributed by atoms with Gasteiger partial charge in [0.25, 0.3) is 0 Å². The minimum Gasteiger partial charge on any atom is -0.381 e. The van der Waals surface area contributed by atoms with Crippen molar-refractivity contribution in [3.63, 3.8) is 0 Å². The molecule has 1 aliphatic carbocycles. The minimum absolute atomic E-state index is 0.461. The molecule has 0 unspecified atom stereocenters. The molecule has 1 aromatic carbocycles. The molecule has 2 heterocycles. The predicted molar refractivity (Wildman–Crippen MR) is 95.6 cm³/mol. The Kier molecular flexibility index (Phi) is 5.40. The Balaban J connectivity index is 1.42. The number of fused-ring (bicyclic) bond motifs is 1. The van der Waals surface area contributed by atoms with Gasteiger partial charge in [-0.05, 0) is 42.5 Å². The van der Waals surface area contributed by atoms with Gasteiger partial charge in [-0.15, -0.1) is 0 Å². The van der Waals surface area contributed by atoms with Crippen LogP contribution in [0.25, 0.3) is 0 Å². The summed E-state index contributed by atoms with van der Waals surface area (Å²) >= 11 is 6.13. The largest absolute Gasteiger partial charge is 0.381 e. The topological polar surface area (TPSA) is 33.7 Å². The van der Waals surface area contributed by atoms with Crippen LogP contribution < -0.4 is 5.32 Å². The van der Waals surface area contributed by atoms with Crippen molar-refractivity contribution in [1.82, 2.24) is 10.2 Å². The number of morpholine rings is 1. The lowest BCUT2D eigenvalue weighted by Crippen LogP contribution is -2.51. The summed E-state index contributed by atoms with van der Waals surface area (Å²) < 4.78 is 11.2. The van der Waals surface area contributed by atoms with Crippen LogP contribution in [-0.4, -0.2) is 57.0 Å². The molecule has 5 heteroatoms. The first-order valence-electron chi connectivity index (χ1n) is 9.22. The van der Waals surface area contributed by atoms with Gasteiger partial charge in [-0.1, -0.05) is 17.7 Å².